The molecule has 0 aliphatic carbocycles. The molecule has 0 atom stereocenters. The lowest BCUT2D eigenvalue weighted by atomic mass is 10.0. The lowest BCUT2D eigenvalue weighted by Crippen LogP contribution is -2.20. The average Bonchev–Trinajstić information content (AvgIpc) is 3.45. The van der Waals surface area contributed by atoms with Crippen molar-refractivity contribution in [2.24, 2.45) is 0 Å². The Labute approximate surface area is 214 Å². The van der Waals surface area contributed by atoms with Crippen LogP contribution in [0, 0.1) is 13.8 Å². The number of aryl methyl sites for hydroxylation is 1. The Morgan fingerprint density at radius 2 is 1.89 bits per heavy atom. The number of anilines is 1. The minimum atomic E-state index is -0.240. The highest BCUT2D eigenvalue weighted by Crippen LogP contribution is 2.36. The maximum Gasteiger partial charge on any atom is 0.264 e. The van der Waals surface area contributed by atoms with E-state index in [9.17, 15) is 4.79 Å². The van der Waals surface area contributed by atoms with Gasteiger partial charge in [-0.05, 0) is 49.6 Å². The van der Waals surface area contributed by atoms with Crippen LogP contribution in [-0.2, 0) is 4.79 Å². The van der Waals surface area contributed by atoms with Crippen molar-refractivity contribution in [2.45, 2.75) is 33.6 Å². The monoisotopic (exact) mass is 503 g/mol. The largest absolute Gasteiger partial charge is 0.486 e. The van der Waals surface area contributed by atoms with Crippen molar-refractivity contribution in [3.8, 4) is 34.2 Å². The molecule has 0 bridgehead atoms. The van der Waals surface area contributed by atoms with Crippen molar-refractivity contribution in [1.29, 1.82) is 0 Å². The first-order valence-corrected chi connectivity index (χ1v) is 12.8. The van der Waals surface area contributed by atoms with Crippen LogP contribution in [0.3, 0.4) is 0 Å². The molecule has 0 unspecified atom stereocenters. The van der Waals surface area contributed by atoms with Gasteiger partial charge in [0, 0.05) is 34.1 Å². The van der Waals surface area contributed by atoms with E-state index in [2.05, 4.69) is 48.6 Å². The summed E-state index contributed by atoms with van der Waals surface area (Å²) in [7, 11) is 0. The van der Waals surface area contributed by atoms with Crippen LogP contribution in [0.5, 0.6) is 17.2 Å². The molecule has 7 nitrogen and oxygen atoms in total. The van der Waals surface area contributed by atoms with Crippen LogP contribution in [-0.4, -0.2) is 35.3 Å². The topological polar surface area (TPSA) is 74.6 Å². The maximum absolute atomic E-state index is 12.5. The first-order chi connectivity index (χ1) is 17.4. The Morgan fingerprint density at radius 3 is 2.69 bits per heavy atom. The summed E-state index contributed by atoms with van der Waals surface area (Å²) in [6, 6.07) is 15.9. The second-order valence-electron chi connectivity index (χ2n) is 9.02. The number of ether oxygens (including phenoxy) is 3. The predicted molar refractivity (Wildman–Crippen MR) is 142 cm³/mol. The molecule has 0 spiro atoms. The van der Waals surface area contributed by atoms with Crippen LogP contribution in [0.2, 0.25) is 0 Å². The zero-order valence-electron chi connectivity index (χ0n) is 20.8. The number of carbonyl (C=O) groups excluding carboxylic acids is 1. The Morgan fingerprint density at radius 1 is 1.11 bits per heavy atom. The number of amides is 1. The second kappa shape index (κ2) is 10.1. The number of nitrogens with one attached hydrogen (secondary N) is 1. The first-order valence-electron chi connectivity index (χ1n) is 12.0. The third kappa shape index (κ3) is 4.81. The number of para-hydroxylation sites is 1. The highest BCUT2D eigenvalue weighted by atomic mass is 32.1. The van der Waals surface area contributed by atoms with Gasteiger partial charge in [0.15, 0.2) is 23.2 Å². The van der Waals surface area contributed by atoms with Crippen LogP contribution in [0.25, 0.3) is 16.9 Å². The summed E-state index contributed by atoms with van der Waals surface area (Å²) in [4.78, 5) is 17.2. The van der Waals surface area contributed by atoms with Gasteiger partial charge in [0.25, 0.3) is 5.91 Å². The molecule has 4 aromatic rings. The predicted octanol–water partition coefficient (Wildman–Crippen LogP) is 6.13. The van der Waals surface area contributed by atoms with Gasteiger partial charge in [-0.1, -0.05) is 32.0 Å². The minimum Gasteiger partial charge on any atom is -0.486 e. The van der Waals surface area contributed by atoms with E-state index in [0.29, 0.717) is 24.3 Å². The van der Waals surface area contributed by atoms with Crippen molar-refractivity contribution >= 4 is 22.4 Å². The highest BCUT2D eigenvalue weighted by molar-refractivity contribution is 7.14. The van der Waals surface area contributed by atoms with Crippen molar-refractivity contribution in [3.63, 3.8) is 0 Å². The highest BCUT2D eigenvalue weighted by Gasteiger charge is 2.18. The number of aromatic nitrogens is 2. The molecule has 2 aromatic carbocycles. The number of thiazole rings is 1. The van der Waals surface area contributed by atoms with E-state index in [-0.39, 0.29) is 12.5 Å². The number of fused-ring (bicyclic) bond motifs is 1. The smallest absolute Gasteiger partial charge is 0.264 e. The van der Waals surface area contributed by atoms with Crippen LogP contribution in [0.4, 0.5) is 5.13 Å². The molecule has 1 aliphatic rings. The van der Waals surface area contributed by atoms with Gasteiger partial charge in [-0.15, -0.1) is 11.3 Å². The Balaban J connectivity index is 1.30. The van der Waals surface area contributed by atoms with Crippen molar-refractivity contribution in [2.75, 3.05) is 25.1 Å². The number of rotatable bonds is 7. The van der Waals surface area contributed by atoms with Gasteiger partial charge in [-0.25, -0.2) is 4.98 Å². The standard InChI is InChI=1S/C28H29N3O4S/c1-17(2)21-7-5-6-8-24(21)35-15-27(32)30-28-29-23(16-36-28)22-13-18(3)31(19(22)4)20-9-10-25-26(14-20)34-12-11-33-25/h5-10,13-14,16-17H,11-12,15H2,1-4H3,(H,29,30,32). The molecule has 0 saturated carbocycles. The van der Waals surface area contributed by atoms with Crippen molar-refractivity contribution < 1.29 is 19.0 Å². The van der Waals surface area contributed by atoms with E-state index in [1.54, 1.807) is 0 Å². The summed E-state index contributed by atoms with van der Waals surface area (Å²) in [5.41, 5.74) is 6.05. The third-order valence-corrected chi connectivity index (χ3v) is 6.90. The molecule has 0 radical (unpaired) electrons. The van der Waals surface area contributed by atoms with Crippen molar-refractivity contribution in [1.82, 2.24) is 9.55 Å². The van der Waals surface area contributed by atoms with Crippen LogP contribution in [0.15, 0.2) is 53.9 Å². The first kappa shape index (κ1) is 23.9. The fraction of sp³-hybridized carbons (Fsp3) is 0.286. The van der Waals surface area contributed by atoms with E-state index in [1.165, 1.54) is 11.3 Å². The number of hydrogen-bond acceptors (Lipinski definition) is 6. The zero-order chi connectivity index (χ0) is 25.2. The van der Waals surface area contributed by atoms with E-state index in [0.717, 1.165) is 51.1 Å². The normalized spacial score (nSPS) is 12.6. The van der Waals surface area contributed by atoms with Gasteiger partial charge in [0.2, 0.25) is 0 Å². The molecule has 3 heterocycles. The number of carbonyl (C=O) groups is 1. The van der Waals surface area contributed by atoms with E-state index >= 15 is 0 Å². The molecule has 8 heteroatoms. The Hall–Kier alpha value is -3.78. The molecule has 36 heavy (non-hydrogen) atoms. The molecule has 2 aromatic heterocycles. The van der Waals surface area contributed by atoms with Gasteiger partial charge < -0.3 is 18.8 Å². The van der Waals surface area contributed by atoms with Gasteiger partial charge in [0.05, 0.1) is 5.69 Å². The number of hydrogen-bond donors (Lipinski definition) is 1. The molecule has 1 amide bonds. The molecular formula is C28H29N3O4S. The summed E-state index contributed by atoms with van der Waals surface area (Å²) in [5, 5.41) is 5.36. The van der Waals surface area contributed by atoms with Gasteiger partial charge in [-0.2, -0.15) is 0 Å². The lowest BCUT2D eigenvalue weighted by molar-refractivity contribution is -0.118. The lowest BCUT2D eigenvalue weighted by Gasteiger charge is -2.20. The van der Waals surface area contributed by atoms with E-state index < -0.39 is 0 Å². The molecule has 1 N–H and O–H groups in total. The SMILES string of the molecule is Cc1cc(-c2csc(NC(=O)COc3ccccc3C(C)C)n2)c(C)n1-c1ccc2c(c1)OCCO2. The quantitative estimate of drug-likeness (QED) is 0.328. The Kier molecular flexibility index (Phi) is 6.69. The zero-order valence-corrected chi connectivity index (χ0v) is 21.6. The van der Waals surface area contributed by atoms with Gasteiger partial charge in [0.1, 0.15) is 19.0 Å². The maximum atomic E-state index is 12.5. The van der Waals surface area contributed by atoms with Gasteiger partial charge >= 0.3 is 0 Å². The summed E-state index contributed by atoms with van der Waals surface area (Å²) in [5.74, 6) is 2.33. The average molecular weight is 504 g/mol. The fourth-order valence-electron chi connectivity index (χ4n) is 4.43. The molecular weight excluding hydrogens is 474 g/mol. The fourth-order valence-corrected chi connectivity index (χ4v) is 5.16. The van der Waals surface area contributed by atoms with Gasteiger partial charge in [-0.3, -0.25) is 10.1 Å². The van der Waals surface area contributed by atoms with Crippen LogP contribution >= 0.6 is 11.3 Å². The second-order valence-corrected chi connectivity index (χ2v) is 9.87. The molecule has 0 saturated heterocycles. The number of nitrogens with zero attached hydrogens (tertiary/aromatic N) is 2. The molecule has 186 valence electrons. The third-order valence-electron chi connectivity index (χ3n) is 6.14. The van der Waals surface area contributed by atoms with Crippen LogP contribution in [0.1, 0.15) is 36.7 Å². The molecule has 0 fully saturated rings. The molecule has 1 aliphatic heterocycles. The van der Waals surface area contributed by atoms with Crippen LogP contribution < -0.4 is 19.5 Å². The summed E-state index contributed by atoms with van der Waals surface area (Å²) in [6.07, 6.45) is 0. The molecule has 5 rings (SSSR count). The minimum absolute atomic E-state index is 0.0721. The van der Waals surface area contributed by atoms with E-state index in [4.69, 9.17) is 14.2 Å². The summed E-state index contributed by atoms with van der Waals surface area (Å²) in [6.45, 7) is 9.38. The summed E-state index contributed by atoms with van der Waals surface area (Å²) >= 11 is 1.40. The Bertz CT molecular complexity index is 1410. The summed E-state index contributed by atoms with van der Waals surface area (Å²) < 4.78 is 19.4. The number of benzene rings is 2. The van der Waals surface area contributed by atoms with E-state index in [1.807, 2.05) is 47.8 Å². The van der Waals surface area contributed by atoms with Crippen molar-refractivity contribution in [3.05, 3.63) is 70.9 Å².